The average molecular weight is 482 g/mol. The summed E-state index contributed by atoms with van der Waals surface area (Å²) in [5.74, 6) is -0.182. The van der Waals surface area contributed by atoms with Gasteiger partial charge < -0.3 is 15.1 Å². The number of carbonyl (C=O) groups is 3. The molecule has 2 aliphatic heterocycles. The van der Waals surface area contributed by atoms with Crippen molar-refractivity contribution in [1.82, 2.24) is 15.1 Å². The second-order valence-corrected chi connectivity index (χ2v) is 9.64. The normalized spacial score (nSPS) is 17.8. The first-order chi connectivity index (χ1) is 16.5. The third-order valence-electron chi connectivity index (χ3n) is 6.82. The van der Waals surface area contributed by atoms with Crippen LogP contribution >= 0.6 is 11.6 Å². The molecule has 4 rings (SSSR count). The molecule has 2 aromatic rings. The Bertz CT molecular complexity index is 982. The van der Waals surface area contributed by atoms with Crippen LogP contribution in [0.4, 0.5) is 0 Å². The lowest BCUT2D eigenvalue weighted by molar-refractivity contribution is -0.142. The van der Waals surface area contributed by atoms with Gasteiger partial charge in [0.05, 0.1) is 0 Å². The Kier molecular flexibility index (Phi) is 8.22. The van der Waals surface area contributed by atoms with E-state index in [0.29, 0.717) is 42.9 Å². The number of piperidine rings is 2. The number of carbonyl (C=O) groups excluding carboxylic acids is 3. The molecule has 7 heteroatoms. The molecule has 180 valence electrons. The molecule has 2 aliphatic rings. The van der Waals surface area contributed by atoms with Gasteiger partial charge in [-0.05, 0) is 61.9 Å². The van der Waals surface area contributed by atoms with Gasteiger partial charge in [-0.25, -0.2) is 0 Å². The second kappa shape index (κ2) is 11.5. The average Bonchev–Trinajstić information content (AvgIpc) is 2.89. The number of halogens is 1. The second-order valence-electron chi connectivity index (χ2n) is 9.21. The smallest absolute Gasteiger partial charge is 0.251 e. The van der Waals surface area contributed by atoms with E-state index in [4.69, 9.17) is 11.6 Å². The van der Waals surface area contributed by atoms with Crippen LogP contribution in [0.1, 0.15) is 48.0 Å². The van der Waals surface area contributed by atoms with Crippen molar-refractivity contribution in [3.63, 3.8) is 0 Å². The van der Waals surface area contributed by atoms with Gasteiger partial charge in [0, 0.05) is 49.1 Å². The molecule has 1 unspecified atom stereocenters. The van der Waals surface area contributed by atoms with Gasteiger partial charge in [-0.1, -0.05) is 41.9 Å². The Balaban J connectivity index is 1.41. The predicted octanol–water partition coefficient (Wildman–Crippen LogP) is 3.93. The summed E-state index contributed by atoms with van der Waals surface area (Å²) in [6.07, 6.45) is 5.11. The van der Waals surface area contributed by atoms with E-state index in [1.807, 2.05) is 35.2 Å². The van der Waals surface area contributed by atoms with Crippen LogP contribution < -0.4 is 5.32 Å². The Morgan fingerprint density at radius 1 is 0.853 bits per heavy atom. The van der Waals surface area contributed by atoms with Crippen molar-refractivity contribution >= 4 is 29.3 Å². The van der Waals surface area contributed by atoms with Crippen LogP contribution in [0.15, 0.2) is 54.6 Å². The molecule has 0 saturated carbocycles. The van der Waals surface area contributed by atoms with Gasteiger partial charge in [0.15, 0.2) is 0 Å². The molecular formula is C27H32ClN3O3. The summed E-state index contributed by atoms with van der Waals surface area (Å²) in [4.78, 5) is 43.1. The summed E-state index contributed by atoms with van der Waals surface area (Å²) in [7, 11) is 0. The number of rotatable bonds is 6. The van der Waals surface area contributed by atoms with Gasteiger partial charge in [0.25, 0.3) is 5.91 Å². The molecule has 2 aromatic carbocycles. The first-order valence-electron chi connectivity index (χ1n) is 12.2. The number of likely N-dealkylation sites (tertiary alicyclic amines) is 2. The fourth-order valence-electron chi connectivity index (χ4n) is 4.83. The highest BCUT2D eigenvalue weighted by Crippen LogP contribution is 2.23. The van der Waals surface area contributed by atoms with Gasteiger partial charge in [0.2, 0.25) is 11.8 Å². The highest BCUT2D eigenvalue weighted by Gasteiger charge is 2.33. The molecule has 2 saturated heterocycles. The van der Waals surface area contributed by atoms with E-state index in [1.54, 1.807) is 29.2 Å². The summed E-state index contributed by atoms with van der Waals surface area (Å²) in [5.41, 5.74) is 1.44. The molecule has 0 radical (unpaired) electrons. The van der Waals surface area contributed by atoms with Crippen molar-refractivity contribution in [3.8, 4) is 0 Å². The number of hydrogen-bond acceptors (Lipinski definition) is 3. The zero-order chi connectivity index (χ0) is 23.9. The molecule has 0 aromatic heterocycles. The predicted molar refractivity (Wildman–Crippen MR) is 133 cm³/mol. The molecule has 2 heterocycles. The largest absolute Gasteiger partial charge is 0.342 e. The molecule has 0 aliphatic carbocycles. The van der Waals surface area contributed by atoms with E-state index in [0.717, 1.165) is 31.5 Å². The summed E-state index contributed by atoms with van der Waals surface area (Å²) in [6.45, 7) is 2.78. The van der Waals surface area contributed by atoms with Crippen LogP contribution in [-0.4, -0.2) is 59.7 Å². The van der Waals surface area contributed by atoms with Crippen LogP contribution in [-0.2, 0) is 16.0 Å². The molecule has 0 spiro atoms. The summed E-state index contributed by atoms with van der Waals surface area (Å²) in [5, 5.41) is 3.49. The number of hydrogen-bond donors (Lipinski definition) is 1. The number of nitrogens with zero attached hydrogens (tertiary/aromatic N) is 2. The number of benzene rings is 2. The molecule has 0 bridgehead atoms. The Hall–Kier alpha value is -2.86. The molecule has 1 atom stereocenters. The lowest BCUT2D eigenvalue weighted by Crippen LogP contribution is -2.53. The van der Waals surface area contributed by atoms with Crippen LogP contribution in [0, 0.1) is 5.92 Å². The maximum Gasteiger partial charge on any atom is 0.251 e. The third kappa shape index (κ3) is 6.17. The fourth-order valence-corrected chi connectivity index (χ4v) is 4.96. The van der Waals surface area contributed by atoms with Crippen molar-refractivity contribution in [2.24, 2.45) is 5.92 Å². The van der Waals surface area contributed by atoms with E-state index in [-0.39, 0.29) is 23.6 Å². The van der Waals surface area contributed by atoms with E-state index < -0.39 is 6.04 Å². The molecule has 2 fully saturated rings. The molecule has 6 nitrogen and oxygen atoms in total. The van der Waals surface area contributed by atoms with E-state index in [9.17, 15) is 14.4 Å². The van der Waals surface area contributed by atoms with Gasteiger partial charge in [-0.15, -0.1) is 0 Å². The maximum atomic E-state index is 13.5. The summed E-state index contributed by atoms with van der Waals surface area (Å²) in [6, 6.07) is 15.6. The minimum absolute atomic E-state index is 0.0154. The van der Waals surface area contributed by atoms with Crippen molar-refractivity contribution in [1.29, 1.82) is 0 Å². The monoisotopic (exact) mass is 481 g/mol. The van der Waals surface area contributed by atoms with Crippen LogP contribution in [0.25, 0.3) is 0 Å². The van der Waals surface area contributed by atoms with Crippen molar-refractivity contribution < 1.29 is 14.4 Å². The summed E-state index contributed by atoms with van der Waals surface area (Å²) < 4.78 is 0. The standard InChI is InChI=1S/C27H32ClN3O3/c28-23-11-9-21(10-12-23)25(32)29-24(19-20-7-3-1-4-8-20)27(34)31-17-13-22(14-18-31)26(33)30-15-5-2-6-16-30/h1,3-4,7-12,22,24H,2,5-6,13-19H2,(H,29,32). The maximum absolute atomic E-state index is 13.5. The van der Waals surface area contributed by atoms with Crippen LogP contribution in [0.5, 0.6) is 0 Å². The van der Waals surface area contributed by atoms with Crippen molar-refractivity contribution in [2.75, 3.05) is 26.2 Å². The third-order valence-corrected chi connectivity index (χ3v) is 7.07. The Morgan fingerprint density at radius 2 is 1.50 bits per heavy atom. The first kappa shape index (κ1) is 24.3. The van der Waals surface area contributed by atoms with Gasteiger partial charge in [-0.2, -0.15) is 0 Å². The lowest BCUT2D eigenvalue weighted by Gasteiger charge is -2.37. The lowest BCUT2D eigenvalue weighted by atomic mass is 9.93. The topological polar surface area (TPSA) is 69.7 Å². The number of amides is 3. The zero-order valence-electron chi connectivity index (χ0n) is 19.4. The van der Waals surface area contributed by atoms with E-state index >= 15 is 0 Å². The highest BCUT2D eigenvalue weighted by molar-refractivity contribution is 6.30. The molecule has 34 heavy (non-hydrogen) atoms. The van der Waals surface area contributed by atoms with Crippen molar-refractivity contribution in [3.05, 3.63) is 70.7 Å². The van der Waals surface area contributed by atoms with Crippen LogP contribution in [0.2, 0.25) is 5.02 Å². The number of nitrogens with one attached hydrogen (secondary N) is 1. The zero-order valence-corrected chi connectivity index (χ0v) is 20.2. The molecule has 3 amide bonds. The van der Waals surface area contributed by atoms with Gasteiger partial charge >= 0.3 is 0 Å². The highest BCUT2D eigenvalue weighted by atomic mass is 35.5. The van der Waals surface area contributed by atoms with Gasteiger partial charge in [0.1, 0.15) is 6.04 Å². The molecular weight excluding hydrogens is 450 g/mol. The first-order valence-corrected chi connectivity index (χ1v) is 12.6. The fraction of sp³-hybridized carbons (Fsp3) is 0.444. The van der Waals surface area contributed by atoms with Crippen molar-refractivity contribution in [2.45, 2.75) is 44.6 Å². The SMILES string of the molecule is O=C(NC(Cc1ccccc1)C(=O)N1CCC(C(=O)N2CCCCC2)CC1)c1ccc(Cl)cc1. The minimum Gasteiger partial charge on any atom is -0.342 e. The molecule has 1 N–H and O–H groups in total. The quantitative estimate of drug-likeness (QED) is 0.679. The Morgan fingerprint density at radius 3 is 2.15 bits per heavy atom. The minimum atomic E-state index is -0.681. The van der Waals surface area contributed by atoms with Crippen LogP contribution in [0.3, 0.4) is 0 Å². The van der Waals surface area contributed by atoms with Gasteiger partial charge in [-0.3, -0.25) is 14.4 Å². The van der Waals surface area contributed by atoms with E-state index in [1.165, 1.54) is 6.42 Å². The Labute approximate surface area is 206 Å². The summed E-state index contributed by atoms with van der Waals surface area (Å²) >= 11 is 5.95. The van der Waals surface area contributed by atoms with E-state index in [2.05, 4.69) is 5.32 Å².